The van der Waals surface area contributed by atoms with Gasteiger partial charge < -0.3 is 14.8 Å². The number of ether oxygens (including phenoxy) is 2. The number of methoxy groups -OCH3 is 2. The summed E-state index contributed by atoms with van der Waals surface area (Å²) in [5.74, 6) is 0.220. The number of carbonyl (C=O) groups excluding carboxylic acids is 1. The van der Waals surface area contributed by atoms with E-state index in [4.69, 9.17) is 9.47 Å². The molecule has 146 valence electrons. The molecule has 0 aliphatic heterocycles. The van der Waals surface area contributed by atoms with Crippen molar-refractivity contribution < 1.29 is 27.4 Å². The van der Waals surface area contributed by atoms with Gasteiger partial charge in [-0.15, -0.1) is 0 Å². The molecule has 1 amide bonds. The third-order valence-electron chi connectivity index (χ3n) is 3.43. The number of anilines is 1. The van der Waals surface area contributed by atoms with Crippen LogP contribution in [0.25, 0.3) is 6.08 Å². The van der Waals surface area contributed by atoms with Crippen molar-refractivity contribution in [3.05, 3.63) is 53.6 Å². The number of thioether (sulfide) groups is 1. The van der Waals surface area contributed by atoms with Crippen LogP contribution in [0, 0.1) is 11.3 Å². The van der Waals surface area contributed by atoms with Crippen molar-refractivity contribution in [2.45, 2.75) is 10.4 Å². The summed E-state index contributed by atoms with van der Waals surface area (Å²) in [7, 11) is 2.93. The molecule has 0 aromatic heterocycles. The van der Waals surface area contributed by atoms with E-state index in [1.807, 2.05) is 0 Å². The fourth-order valence-electron chi connectivity index (χ4n) is 2.19. The van der Waals surface area contributed by atoms with Crippen LogP contribution in [-0.4, -0.2) is 25.6 Å². The van der Waals surface area contributed by atoms with Gasteiger partial charge in [0, 0.05) is 16.6 Å². The molecular formula is C19H15F3N2O3S. The first-order valence-electron chi connectivity index (χ1n) is 7.76. The molecule has 2 aromatic rings. The van der Waals surface area contributed by atoms with Crippen LogP contribution >= 0.6 is 11.8 Å². The Balaban J connectivity index is 2.16. The molecule has 0 aliphatic carbocycles. The lowest BCUT2D eigenvalue weighted by atomic mass is 10.1. The van der Waals surface area contributed by atoms with E-state index >= 15 is 0 Å². The highest BCUT2D eigenvalue weighted by Gasteiger charge is 2.29. The first-order chi connectivity index (χ1) is 13.3. The standard InChI is InChI=1S/C19H15F3N2O3S/c1-26-16-8-5-14(10-17(16)27-2)24-18(25)13(11-23)9-12-3-6-15(7-4-12)28-19(20,21)22/h3-10H,1-2H3,(H,24,25)/b13-9+. The summed E-state index contributed by atoms with van der Waals surface area (Å²) in [6, 6.07) is 11.8. The average molecular weight is 408 g/mol. The van der Waals surface area contributed by atoms with Crippen LogP contribution in [0.4, 0.5) is 18.9 Å². The predicted octanol–water partition coefficient (Wildman–Crippen LogP) is 4.86. The Morgan fingerprint density at radius 1 is 1.11 bits per heavy atom. The van der Waals surface area contributed by atoms with Crippen LogP contribution in [0.1, 0.15) is 5.56 Å². The maximum atomic E-state index is 12.4. The second-order valence-electron chi connectivity index (χ2n) is 5.31. The van der Waals surface area contributed by atoms with Crippen molar-refractivity contribution in [1.29, 1.82) is 5.26 Å². The molecule has 0 heterocycles. The van der Waals surface area contributed by atoms with Crippen molar-refractivity contribution in [2.75, 3.05) is 19.5 Å². The number of alkyl halides is 3. The molecule has 2 rings (SSSR count). The van der Waals surface area contributed by atoms with Crippen LogP contribution in [0.3, 0.4) is 0 Å². The van der Waals surface area contributed by atoms with Crippen molar-refractivity contribution in [2.24, 2.45) is 0 Å². The summed E-state index contributed by atoms with van der Waals surface area (Å²) in [5, 5.41) is 11.8. The predicted molar refractivity (Wildman–Crippen MR) is 100 cm³/mol. The zero-order valence-corrected chi connectivity index (χ0v) is 15.6. The minimum Gasteiger partial charge on any atom is -0.493 e. The number of amides is 1. The van der Waals surface area contributed by atoms with Gasteiger partial charge in [0.1, 0.15) is 11.6 Å². The van der Waals surface area contributed by atoms with E-state index in [2.05, 4.69) is 5.32 Å². The summed E-state index contributed by atoms with van der Waals surface area (Å²) in [6.45, 7) is 0. The van der Waals surface area contributed by atoms with Gasteiger partial charge in [0.25, 0.3) is 5.91 Å². The number of hydrogen-bond donors (Lipinski definition) is 1. The lowest BCUT2D eigenvalue weighted by molar-refractivity contribution is -0.112. The number of carbonyl (C=O) groups is 1. The molecule has 5 nitrogen and oxygen atoms in total. The third-order valence-corrected chi connectivity index (χ3v) is 4.17. The smallest absolute Gasteiger partial charge is 0.446 e. The zero-order chi connectivity index (χ0) is 20.7. The highest BCUT2D eigenvalue weighted by atomic mass is 32.2. The third kappa shape index (κ3) is 5.96. The number of halogens is 3. The molecule has 9 heteroatoms. The SMILES string of the molecule is COc1ccc(NC(=O)/C(C#N)=C/c2ccc(SC(F)(F)F)cc2)cc1OC. The van der Waals surface area contributed by atoms with Crippen LogP contribution in [0.2, 0.25) is 0 Å². The van der Waals surface area contributed by atoms with Gasteiger partial charge in [-0.3, -0.25) is 4.79 Å². The number of hydrogen-bond acceptors (Lipinski definition) is 5. The molecule has 0 spiro atoms. The zero-order valence-electron chi connectivity index (χ0n) is 14.8. The van der Waals surface area contributed by atoms with E-state index in [1.54, 1.807) is 18.2 Å². The van der Waals surface area contributed by atoms with Gasteiger partial charge >= 0.3 is 5.51 Å². The van der Waals surface area contributed by atoms with Gasteiger partial charge in [-0.25, -0.2) is 0 Å². The minimum atomic E-state index is -4.38. The fraction of sp³-hybridized carbons (Fsp3) is 0.158. The Morgan fingerprint density at radius 3 is 2.29 bits per heavy atom. The second kappa shape index (κ2) is 9.19. The number of nitriles is 1. The Bertz CT molecular complexity index is 920. The molecule has 0 aliphatic rings. The lowest BCUT2D eigenvalue weighted by Crippen LogP contribution is -2.13. The van der Waals surface area contributed by atoms with E-state index in [0.29, 0.717) is 22.7 Å². The molecule has 0 saturated carbocycles. The average Bonchev–Trinajstić information content (AvgIpc) is 2.65. The Morgan fingerprint density at radius 2 is 1.75 bits per heavy atom. The van der Waals surface area contributed by atoms with Gasteiger partial charge in [0.2, 0.25) is 0 Å². The van der Waals surface area contributed by atoms with E-state index in [1.165, 1.54) is 50.6 Å². The summed E-state index contributed by atoms with van der Waals surface area (Å²) >= 11 is -0.238. The molecular weight excluding hydrogens is 393 g/mol. The van der Waals surface area contributed by atoms with Crippen LogP contribution in [-0.2, 0) is 4.79 Å². The second-order valence-corrected chi connectivity index (χ2v) is 6.45. The summed E-state index contributed by atoms with van der Waals surface area (Å²) < 4.78 is 47.3. The van der Waals surface area contributed by atoms with Crippen molar-refractivity contribution in [3.63, 3.8) is 0 Å². The Hall–Kier alpha value is -3.12. The number of nitrogens with one attached hydrogen (secondary N) is 1. The monoisotopic (exact) mass is 408 g/mol. The topological polar surface area (TPSA) is 71.3 Å². The van der Waals surface area contributed by atoms with Gasteiger partial charge in [-0.2, -0.15) is 18.4 Å². The quantitative estimate of drug-likeness (QED) is 0.420. The van der Waals surface area contributed by atoms with Crippen LogP contribution in [0.5, 0.6) is 11.5 Å². The van der Waals surface area contributed by atoms with Crippen molar-refractivity contribution >= 4 is 29.4 Å². The Kier molecular flexibility index (Phi) is 6.95. The lowest BCUT2D eigenvalue weighted by Gasteiger charge is -2.10. The van der Waals surface area contributed by atoms with Crippen LogP contribution in [0.15, 0.2) is 52.9 Å². The molecule has 0 saturated heterocycles. The molecule has 2 aromatic carbocycles. The van der Waals surface area contributed by atoms with Gasteiger partial charge in [0.15, 0.2) is 11.5 Å². The number of nitrogens with zero attached hydrogens (tertiary/aromatic N) is 1. The molecule has 0 fully saturated rings. The molecule has 0 bridgehead atoms. The van der Waals surface area contributed by atoms with Crippen molar-refractivity contribution in [3.8, 4) is 17.6 Å². The van der Waals surface area contributed by atoms with Crippen LogP contribution < -0.4 is 14.8 Å². The van der Waals surface area contributed by atoms with Gasteiger partial charge in [-0.05, 0) is 47.7 Å². The fourth-order valence-corrected chi connectivity index (χ4v) is 2.73. The maximum absolute atomic E-state index is 12.4. The minimum absolute atomic E-state index is 0.0120. The summed E-state index contributed by atoms with van der Waals surface area (Å²) in [4.78, 5) is 12.3. The highest BCUT2D eigenvalue weighted by Crippen LogP contribution is 2.36. The molecule has 0 radical (unpaired) electrons. The first kappa shape index (κ1) is 21.2. The van der Waals surface area contributed by atoms with E-state index < -0.39 is 11.4 Å². The Labute approximate surface area is 163 Å². The van der Waals surface area contributed by atoms with E-state index in [9.17, 15) is 23.2 Å². The largest absolute Gasteiger partial charge is 0.493 e. The number of rotatable bonds is 6. The first-order valence-corrected chi connectivity index (χ1v) is 8.58. The summed E-state index contributed by atoms with van der Waals surface area (Å²) in [5.41, 5.74) is -3.77. The highest BCUT2D eigenvalue weighted by molar-refractivity contribution is 8.00. The normalized spacial score (nSPS) is 11.5. The molecule has 0 unspecified atom stereocenters. The number of benzene rings is 2. The summed E-state index contributed by atoms with van der Waals surface area (Å²) in [6.07, 6.45) is 1.29. The molecule has 28 heavy (non-hydrogen) atoms. The van der Waals surface area contributed by atoms with E-state index in [0.717, 1.165) is 0 Å². The molecule has 1 N–H and O–H groups in total. The van der Waals surface area contributed by atoms with Gasteiger partial charge in [0.05, 0.1) is 14.2 Å². The maximum Gasteiger partial charge on any atom is 0.446 e. The molecule has 0 atom stereocenters. The van der Waals surface area contributed by atoms with Gasteiger partial charge in [-0.1, -0.05) is 12.1 Å². The van der Waals surface area contributed by atoms with E-state index in [-0.39, 0.29) is 22.2 Å². The van der Waals surface area contributed by atoms with Crippen molar-refractivity contribution in [1.82, 2.24) is 0 Å².